The van der Waals surface area contributed by atoms with Gasteiger partial charge in [0, 0.05) is 126 Å². The summed E-state index contributed by atoms with van der Waals surface area (Å²) < 4.78 is 79.1. The van der Waals surface area contributed by atoms with E-state index in [1.165, 1.54) is 18.2 Å². The van der Waals surface area contributed by atoms with Gasteiger partial charge in [0.2, 0.25) is 53.2 Å². The molecule has 1 spiro atoms. The first-order valence-electron chi connectivity index (χ1n) is 37.0. The highest BCUT2D eigenvalue weighted by atomic mass is 19.1. The fourth-order valence-electron chi connectivity index (χ4n) is 11.2. The lowest BCUT2D eigenvalue weighted by atomic mass is 9.70. The summed E-state index contributed by atoms with van der Waals surface area (Å²) in [5.74, 6) is -14.5. The molecule has 0 aromatic heterocycles. The monoisotopic (exact) mass is 1650 g/mol. The van der Waals surface area contributed by atoms with E-state index in [4.69, 9.17) is 63.1 Å². The highest BCUT2D eigenvalue weighted by Crippen LogP contribution is 2.54. The van der Waals surface area contributed by atoms with Crippen LogP contribution in [0.2, 0.25) is 0 Å². The summed E-state index contributed by atoms with van der Waals surface area (Å²) in [6, 6.07) is 7.87. The van der Waals surface area contributed by atoms with Crippen LogP contribution in [0, 0.1) is 11.6 Å². The number of hydrogen-bond donors (Lipinski definition) is 13. The first-order valence-corrected chi connectivity index (χ1v) is 37.0. The number of benzene rings is 3. The number of ether oxygens (including phenoxy) is 9. The third-order valence-electron chi connectivity index (χ3n) is 17.1. The maximum atomic E-state index is 16.2. The molecule has 1 aliphatic heterocycles. The Morgan fingerprint density at radius 2 is 0.741 bits per heavy atom. The molecule has 1 heterocycles. The molecule has 2 aliphatic rings. The van der Waals surface area contributed by atoms with Gasteiger partial charge < -0.3 is 125 Å². The van der Waals surface area contributed by atoms with Crippen molar-refractivity contribution >= 4 is 88.2 Å². The molecule has 640 valence electrons. The Kier molecular flexibility index (Phi) is 43.8. The molecule has 116 heavy (non-hydrogen) atoms. The Morgan fingerprint density at radius 1 is 0.397 bits per heavy atom. The van der Waals surface area contributed by atoms with Crippen molar-refractivity contribution in [3.8, 4) is 11.5 Å². The molecule has 13 N–H and O–H groups in total. The van der Waals surface area contributed by atoms with Gasteiger partial charge in [-0.1, -0.05) is 12.1 Å². The zero-order chi connectivity index (χ0) is 84.8. The number of phenolic OH excluding ortho intramolecular Hbond substituents is 2. The van der Waals surface area contributed by atoms with Gasteiger partial charge in [-0.15, -0.1) is 0 Å². The second kappa shape index (κ2) is 52.9. The molecular formula is C74H100F2N10O30. The fourth-order valence-corrected chi connectivity index (χ4v) is 11.2. The van der Waals surface area contributed by atoms with Crippen molar-refractivity contribution < 1.29 is 154 Å². The van der Waals surface area contributed by atoms with E-state index in [0.717, 1.165) is 39.0 Å². The number of phenols is 2. The van der Waals surface area contributed by atoms with Gasteiger partial charge in [-0.05, 0) is 47.9 Å². The Hall–Kier alpha value is -10.5. The molecule has 1 atom stereocenters. The quantitative estimate of drug-likeness (QED) is 0.0185. The van der Waals surface area contributed by atoms with Crippen LogP contribution in [-0.4, -0.2) is 351 Å². The highest BCUT2D eigenvalue weighted by molar-refractivity contribution is 6.02. The molecule has 0 fully saturated rings. The van der Waals surface area contributed by atoms with E-state index in [1.54, 1.807) is 0 Å². The second-order valence-electron chi connectivity index (χ2n) is 25.6. The van der Waals surface area contributed by atoms with Crippen molar-refractivity contribution in [2.24, 2.45) is 0 Å². The van der Waals surface area contributed by atoms with Gasteiger partial charge >= 0.3 is 5.97 Å². The van der Waals surface area contributed by atoms with E-state index in [2.05, 4.69) is 37.2 Å². The Bertz CT molecular complexity index is 3630. The van der Waals surface area contributed by atoms with Crippen LogP contribution in [0.5, 0.6) is 11.5 Å². The van der Waals surface area contributed by atoms with Crippen molar-refractivity contribution in [3.05, 3.63) is 93.0 Å². The van der Waals surface area contributed by atoms with Crippen LogP contribution in [0.1, 0.15) is 87.1 Å². The van der Waals surface area contributed by atoms with E-state index in [0.29, 0.717) is 0 Å². The third kappa shape index (κ3) is 33.7. The zero-order valence-corrected chi connectivity index (χ0v) is 63.9. The minimum absolute atomic E-state index is 0.0194. The summed E-state index contributed by atoms with van der Waals surface area (Å²) >= 11 is 0. The lowest BCUT2D eigenvalue weighted by molar-refractivity contribution is -0.136. The van der Waals surface area contributed by atoms with Crippen molar-refractivity contribution in [2.45, 2.75) is 50.5 Å². The molecule has 3 aromatic carbocycles. The van der Waals surface area contributed by atoms with E-state index in [1.807, 2.05) is 0 Å². The number of aliphatic hydroxyl groups is 4. The van der Waals surface area contributed by atoms with Crippen LogP contribution >= 0.6 is 0 Å². The van der Waals surface area contributed by atoms with Gasteiger partial charge in [0.05, 0.1) is 104 Å². The number of ketones is 4. The number of halogens is 2. The van der Waals surface area contributed by atoms with E-state index < -0.39 is 189 Å². The maximum Gasteiger partial charge on any atom is 0.340 e. The summed E-state index contributed by atoms with van der Waals surface area (Å²) in [5.41, 5.74) is -2.87. The maximum absolute atomic E-state index is 16.2. The molecule has 0 saturated carbocycles. The summed E-state index contributed by atoms with van der Waals surface area (Å²) in [4.78, 5) is 197. The van der Waals surface area contributed by atoms with Crippen molar-refractivity contribution in [2.75, 3.05) is 217 Å². The predicted octanol–water partition coefficient (Wildman–Crippen LogP) is -5.63. The first kappa shape index (κ1) is 96.1. The summed E-state index contributed by atoms with van der Waals surface area (Å²) in [5, 5.41) is 74.0. The molecule has 40 nitrogen and oxygen atoms in total. The van der Waals surface area contributed by atoms with Gasteiger partial charge in [-0.2, -0.15) is 0 Å². The van der Waals surface area contributed by atoms with Crippen LogP contribution in [0.3, 0.4) is 0 Å². The average Bonchev–Trinajstić information content (AvgIpc) is 1.48. The fraction of sp³-hybridized carbons (Fsp3) is 0.554. The molecule has 1 unspecified atom stereocenters. The number of amides is 10. The van der Waals surface area contributed by atoms with Crippen LogP contribution < -0.4 is 37.2 Å². The molecule has 42 heteroatoms. The van der Waals surface area contributed by atoms with Crippen molar-refractivity contribution in [1.29, 1.82) is 0 Å². The molecule has 0 bridgehead atoms. The average molecular weight is 1650 g/mol. The molecule has 0 radical (unpaired) electrons. The van der Waals surface area contributed by atoms with Crippen molar-refractivity contribution in [3.63, 3.8) is 0 Å². The number of nitrogens with one attached hydrogen (secondary N) is 7. The van der Waals surface area contributed by atoms with E-state index in [-0.39, 0.29) is 229 Å². The summed E-state index contributed by atoms with van der Waals surface area (Å²) in [6.45, 7) is -7.85. The SMILES string of the molecule is O=C(CO)COCCOCCNC(=O)CCN(CCC(=O)NCCOCCOCC(=O)CO)C(=O)CNC(=O)CCN(CCC(=O)NCC(=O)N(CCC(=O)NCCOCCOCC(=O)CO)CCC(=O)NCCOCCOCC(=O)CO)C(=O)CNC(=O)c1ccc2c(c1)C(=O)OC21c2cc(F)c(O)cc2Cc2ccc(O)c(F)c21. The van der Waals surface area contributed by atoms with Crippen LogP contribution in [0.4, 0.5) is 8.78 Å². The number of fused-ring (bicyclic) bond motifs is 6. The topological polar surface area (TPSA) is 554 Å². The number of Topliss-reactive ketones (excluding diaryl/α,β-unsaturated/α-hetero) is 4. The minimum atomic E-state index is -2.24. The molecule has 3 aromatic rings. The Labute approximate surface area is 664 Å². The third-order valence-corrected chi connectivity index (χ3v) is 17.1. The number of aliphatic hydroxyl groups excluding tert-OH is 4. The van der Waals surface area contributed by atoms with Gasteiger partial charge in [-0.25, -0.2) is 13.6 Å². The lowest BCUT2D eigenvalue weighted by Crippen LogP contribution is -2.46. The number of nitrogens with zero attached hydrogens (tertiary/aromatic N) is 3. The van der Waals surface area contributed by atoms with Crippen LogP contribution in [-0.2, 0) is 117 Å². The normalized spacial score (nSPS) is 12.9. The van der Waals surface area contributed by atoms with Gasteiger partial charge in [0.15, 0.2) is 51.9 Å². The predicted molar refractivity (Wildman–Crippen MR) is 393 cm³/mol. The first-order chi connectivity index (χ1) is 55.7. The number of aromatic hydroxyl groups is 2. The molecule has 5 rings (SSSR count). The minimum Gasteiger partial charge on any atom is -0.505 e. The number of esters is 1. The van der Waals surface area contributed by atoms with Crippen LogP contribution in [0.25, 0.3) is 0 Å². The number of rotatable bonds is 61. The molecule has 0 saturated heterocycles. The number of carbonyl (C=O) groups excluding carboxylic acids is 15. The Morgan fingerprint density at radius 3 is 1.10 bits per heavy atom. The van der Waals surface area contributed by atoms with Crippen LogP contribution in [0.15, 0.2) is 42.5 Å². The van der Waals surface area contributed by atoms with Gasteiger partial charge in [-0.3, -0.25) is 67.1 Å². The zero-order valence-electron chi connectivity index (χ0n) is 63.9. The largest absolute Gasteiger partial charge is 0.505 e. The molecular weight excluding hydrogens is 1550 g/mol. The number of hydrogen-bond acceptors (Lipinski definition) is 30. The number of carbonyl (C=O) groups is 15. The standard InChI is InChI=1S/C74H100F2N10O30/c75-58-36-57-50(35-60(58)96)33-48-2-4-59(95)71(76)70(48)74(57)56-3-1-49(34-55(56)73(107)116-74)72(106)83-39-69(105)86(19-9-65(101)81-37-67(103)84(15-5-61(97)77-11-21-108-25-29-112-44-51(91)40-87)16-6-62(98)78-12-22-109-26-30-113-45-52(92)41-88)20-10-66(102)82-38-68(104)85(17-7-63(99)79-13-23-110-27-31-114-46-53(93)42-89)18-8-64(100)80-14-24-111-28-32-115-47-54(94)43-90/h1-4,34-36,87-90,95-96H,5-33,37-47H2,(H,77,97)(H,78,98)(H,79,99)(H,80,100)(H,81,101)(H,82,102)(H,83,106). The molecule has 1 aliphatic carbocycles. The molecule has 10 amide bonds. The van der Waals surface area contributed by atoms with E-state index in [9.17, 15) is 82.1 Å². The van der Waals surface area contributed by atoms with Gasteiger partial charge in [0.25, 0.3) is 5.91 Å². The van der Waals surface area contributed by atoms with Crippen molar-refractivity contribution in [1.82, 2.24) is 51.9 Å². The summed E-state index contributed by atoms with van der Waals surface area (Å²) in [7, 11) is 0. The van der Waals surface area contributed by atoms with E-state index >= 15 is 8.78 Å². The summed E-state index contributed by atoms with van der Waals surface area (Å²) in [6.07, 6.45) is -2.41. The second-order valence-corrected chi connectivity index (χ2v) is 25.6. The Balaban J connectivity index is 1.29. The highest BCUT2D eigenvalue weighted by Gasteiger charge is 2.55. The smallest absolute Gasteiger partial charge is 0.340 e. The lowest BCUT2D eigenvalue weighted by Gasteiger charge is -2.37. The van der Waals surface area contributed by atoms with Gasteiger partial charge in [0.1, 0.15) is 52.9 Å².